The predicted octanol–water partition coefficient (Wildman–Crippen LogP) is 2.77. The molecule has 21 heavy (non-hydrogen) atoms. The number of nitrogens with zero attached hydrogens (tertiary/aromatic N) is 1. The summed E-state index contributed by atoms with van der Waals surface area (Å²) in [6, 6.07) is 5.54. The van der Waals surface area contributed by atoms with Crippen LogP contribution in [-0.4, -0.2) is 24.9 Å². The van der Waals surface area contributed by atoms with E-state index >= 15 is 0 Å². The number of hydrogen-bond acceptors (Lipinski definition) is 2. The van der Waals surface area contributed by atoms with Crippen molar-refractivity contribution in [2.45, 2.75) is 27.2 Å². The zero-order valence-electron chi connectivity index (χ0n) is 12.6. The van der Waals surface area contributed by atoms with E-state index < -0.39 is 5.92 Å². The third-order valence-electron chi connectivity index (χ3n) is 3.67. The molecular weight excluding hydrogens is 288 g/mol. The number of benzene rings is 1. The van der Waals surface area contributed by atoms with Crippen molar-refractivity contribution in [2.75, 3.05) is 18.0 Å². The van der Waals surface area contributed by atoms with Crippen molar-refractivity contribution >= 4 is 29.1 Å². The van der Waals surface area contributed by atoms with Crippen molar-refractivity contribution in [3.8, 4) is 0 Å². The Kier molecular flexibility index (Phi) is 4.88. The van der Waals surface area contributed by atoms with Gasteiger partial charge in [-0.1, -0.05) is 31.5 Å². The number of carbonyl (C=O) groups is 2. The van der Waals surface area contributed by atoms with Crippen LogP contribution in [0.2, 0.25) is 5.02 Å². The minimum absolute atomic E-state index is 0.142. The van der Waals surface area contributed by atoms with E-state index in [4.69, 9.17) is 11.6 Å². The minimum Gasteiger partial charge on any atom is -0.355 e. The number of halogens is 1. The first-order valence-electron chi connectivity index (χ1n) is 7.25. The number of carbonyl (C=O) groups excluding carboxylic acids is 2. The summed E-state index contributed by atoms with van der Waals surface area (Å²) in [6.45, 7) is 7.12. The Bertz CT molecular complexity index is 557. The Morgan fingerprint density at radius 2 is 2.19 bits per heavy atom. The van der Waals surface area contributed by atoms with Crippen molar-refractivity contribution in [1.29, 1.82) is 0 Å². The molecule has 1 N–H and O–H groups in total. The van der Waals surface area contributed by atoms with E-state index in [0.29, 0.717) is 30.5 Å². The lowest BCUT2D eigenvalue weighted by Gasteiger charge is -2.18. The van der Waals surface area contributed by atoms with Crippen LogP contribution in [0.25, 0.3) is 0 Å². The Balaban J connectivity index is 2.07. The molecule has 5 heteroatoms. The molecule has 0 saturated carbocycles. The zero-order valence-corrected chi connectivity index (χ0v) is 13.4. The molecule has 1 aromatic carbocycles. The molecule has 1 aliphatic heterocycles. The van der Waals surface area contributed by atoms with E-state index in [1.807, 2.05) is 32.9 Å². The van der Waals surface area contributed by atoms with Crippen LogP contribution < -0.4 is 10.2 Å². The SMILES string of the molecule is Cc1ccc(N2CCC(C(=O)NCC(C)C)C2=O)cc1Cl. The van der Waals surface area contributed by atoms with Crippen LogP contribution in [0, 0.1) is 18.8 Å². The van der Waals surface area contributed by atoms with Gasteiger partial charge in [-0.3, -0.25) is 9.59 Å². The molecule has 0 bridgehead atoms. The minimum atomic E-state index is -0.580. The highest BCUT2D eigenvalue weighted by atomic mass is 35.5. The lowest BCUT2D eigenvalue weighted by molar-refractivity contribution is -0.132. The van der Waals surface area contributed by atoms with Crippen LogP contribution in [-0.2, 0) is 9.59 Å². The molecule has 1 fully saturated rings. The van der Waals surface area contributed by atoms with Gasteiger partial charge in [0.15, 0.2) is 0 Å². The molecule has 2 amide bonds. The molecule has 0 aromatic heterocycles. The van der Waals surface area contributed by atoms with E-state index in [1.165, 1.54) is 0 Å². The summed E-state index contributed by atoms with van der Waals surface area (Å²) < 4.78 is 0. The molecule has 1 aromatic rings. The lowest BCUT2D eigenvalue weighted by atomic mass is 10.1. The quantitative estimate of drug-likeness (QED) is 0.870. The molecule has 1 aliphatic rings. The molecule has 1 saturated heterocycles. The van der Waals surface area contributed by atoms with Gasteiger partial charge < -0.3 is 10.2 Å². The highest BCUT2D eigenvalue weighted by molar-refractivity contribution is 6.31. The topological polar surface area (TPSA) is 49.4 Å². The molecule has 1 heterocycles. The van der Waals surface area contributed by atoms with Gasteiger partial charge >= 0.3 is 0 Å². The lowest BCUT2D eigenvalue weighted by Crippen LogP contribution is -2.38. The van der Waals surface area contributed by atoms with Gasteiger partial charge in [-0.2, -0.15) is 0 Å². The van der Waals surface area contributed by atoms with E-state index in [2.05, 4.69) is 5.32 Å². The zero-order chi connectivity index (χ0) is 15.6. The number of aryl methyl sites for hydroxylation is 1. The van der Waals surface area contributed by atoms with Crippen molar-refractivity contribution in [1.82, 2.24) is 5.32 Å². The predicted molar refractivity (Wildman–Crippen MR) is 84.5 cm³/mol. The van der Waals surface area contributed by atoms with E-state index in [0.717, 1.165) is 11.3 Å². The van der Waals surface area contributed by atoms with Crippen LogP contribution >= 0.6 is 11.6 Å². The standard InChI is InChI=1S/C16H21ClN2O2/c1-10(2)9-18-15(20)13-6-7-19(16(13)21)12-5-4-11(3)14(17)8-12/h4-5,8,10,13H,6-7,9H2,1-3H3,(H,18,20). The highest BCUT2D eigenvalue weighted by Gasteiger charge is 2.37. The summed E-state index contributed by atoms with van der Waals surface area (Å²) in [5.74, 6) is -0.521. The molecule has 1 atom stereocenters. The summed E-state index contributed by atoms with van der Waals surface area (Å²) in [6.07, 6.45) is 0.550. The van der Waals surface area contributed by atoms with Crippen molar-refractivity contribution < 1.29 is 9.59 Å². The summed E-state index contributed by atoms with van der Waals surface area (Å²) in [7, 11) is 0. The van der Waals surface area contributed by atoms with Gasteiger partial charge in [0.1, 0.15) is 5.92 Å². The van der Waals surface area contributed by atoms with Crippen LogP contribution in [0.4, 0.5) is 5.69 Å². The highest BCUT2D eigenvalue weighted by Crippen LogP contribution is 2.28. The monoisotopic (exact) mass is 308 g/mol. The molecule has 0 radical (unpaired) electrons. The summed E-state index contributed by atoms with van der Waals surface area (Å²) in [5, 5.41) is 3.47. The molecule has 0 spiro atoms. The van der Waals surface area contributed by atoms with Crippen LogP contribution in [0.5, 0.6) is 0 Å². The maximum Gasteiger partial charge on any atom is 0.239 e. The number of anilines is 1. The smallest absolute Gasteiger partial charge is 0.239 e. The van der Waals surface area contributed by atoms with Gasteiger partial charge in [0, 0.05) is 23.8 Å². The molecule has 1 unspecified atom stereocenters. The van der Waals surface area contributed by atoms with Gasteiger partial charge in [-0.25, -0.2) is 0 Å². The van der Waals surface area contributed by atoms with Gasteiger partial charge in [0.2, 0.25) is 11.8 Å². The van der Waals surface area contributed by atoms with Crippen LogP contribution in [0.15, 0.2) is 18.2 Å². The van der Waals surface area contributed by atoms with E-state index in [1.54, 1.807) is 11.0 Å². The first-order valence-corrected chi connectivity index (χ1v) is 7.63. The van der Waals surface area contributed by atoms with Crippen molar-refractivity contribution in [3.05, 3.63) is 28.8 Å². The fraction of sp³-hybridized carbons (Fsp3) is 0.500. The van der Waals surface area contributed by atoms with Crippen LogP contribution in [0.3, 0.4) is 0 Å². The molecule has 114 valence electrons. The molecular formula is C16H21ClN2O2. The fourth-order valence-electron chi connectivity index (χ4n) is 2.36. The van der Waals surface area contributed by atoms with Crippen molar-refractivity contribution in [3.63, 3.8) is 0 Å². The van der Waals surface area contributed by atoms with E-state index in [9.17, 15) is 9.59 Å². The summed E-state index contributed by atoms with van der Waals surface area (Å²) in [5.41, 5.74) is 1.73. The first kappa shape index (κ1) is 15.8. The van der Waals surface area contributed by atoms with Crippen LogP contribution in [0.1, 0.15) is 25.8 Å². The summed E-state index contributed by atoms with van der Waals surface area (Å²) in [4.78, 5) is 26.1. The molecule has 2 rings (SSSR count). The summed E-state index contributed by atoms with van der Waals surface area (Å²) >= 11 is 6.11. The van der Waals surface area contributed by atoms with E-state index in [-0.39, 0.29) is 11.8 Å². The van der Waals surface area contributed by atoms with Gasteiger partial charge in [0.25, 0.3) is 0 Å². The second-order valence-corrected chi connectivity index (χ2v) is 6.31. The van der Waals surface area contributed by atoms with Gasteiger partial charge in [-0.05, 0) is 37.0 Å². The maximum atomic E-state index is 12.4. The average molecular weight is 309 g/mol. The maximum absolute atomic E-state index is 12.4. The third-order valence-corrected chi connectivity index (χ3v) is 4.08. The Hall–Kier alpha value is -1.55. The van der Waals surface area contributed by atoms with Gasteiger partial charge in [-0.15, -0.1) is 0 Å². The number of hydrogen-bond donors (Lipinski definition) is 1. The normalized spacial score (nSPS) is 18.4. The number of rotatable bonds is 4. The second-order valence-electron chi connectivity index (χ2n) is 5.90. The van der Waals surface area contributed by atoms with Crippen molar-refractivity contribution in [2.24, 2.45) is 11.8 Å². The average Bonchev–Trinajstić information content (AvgIpc) is 2.81. The first-order chi connectivity index (χ1) is 9.90. The number of amides is 2. The molecule has 0 aliphatic carbocycles. The largest absolute Gasteiger partial charge is 0.355 e. The third kappa shape index (κ3) is 3.56. The van der Waals surface area contributed by atoms with Gasteiger partial charge in [0.05, 0.1) is 0 Å². The fourth-order valence-corrected chi connectivity index (χ4v) is 2.53. The number of nitrogens with one attached hydrogen (secondary N) is 1. The Morgan fingerprint density at radius 3 is 2.81 bits per heavy atom. The molecule has 4 nitrogen and oxygen atoms in total. The second kappa shape index (κ2) is 6.48. The Morgan fingerprint density at radius 1 is 1.48 bits per heavy atom. The Labute approximate surface area is 130 Å².